The van der Waals surface area contributed by atoms with Gasteiger partial charge in [0.25, 0.3) is 0 Å². The summed E-state index contributed by atoms with van der Waals surface area (Å²) in [7, 11) is 2.69. The van der Waals surface area contributed by atoms with Crippen LogP contribution >= 0.6 is 8.60 Å². The monoisotopic (exact) mass is 467 g/mol. The van der Waals surface area contributed by atoms with Gasteiger partial charge < -0.3 is 33.4 Å². The maximum Gasteiger partial charge on any atom is 0.330 e. The van der Waals surface area contributed by atoms with Crippen LogP contribution < -0.4 is 5.11 Å². The predicted octanol–water partition coefficient (Wildman–Crippen LogP) is 3.80. The van der Waals surface area contributed by atoms with E-state index in [1.54, 1.807) is 21.1 Å². The highest BCUT2D eigenvalue weighted by atomic mass is 31.2. The van der Waals surface area contributed by atoms with Gasteiger partial charge in [0.2, 0.25) is 0 Å². The van der Waals surface area contributed by atoms with Crippen LogP contribution in [-0.2, 0) is 18.6 Å². The molecule has 0 aliphatic heterocycles. The molecule has 3 atom stereocenters. The number of ether oxygens (including phenoxy) is 1. The summed E-state index contributed by atoms with van der Waals surface area (Å²) in [5.74, 6) is -1.15. The third kappa shape index (κ3) is 16.9. The van der Waals surface area contributed by atoms with Crippen molar-refractivity contribution in [3.8, 4) is 0 Å². The number of likely N-dealkylation sites (N-methyl/N-ethyl adjacent to an activating group) is 1. The second-order valence-electron chi connectivity index (χ2n) is 9.65. The molecule has 0 bridgehead atoms. The molecule has 0 spiro atoms. The topological polar surface area (TPSA) is 108 Å². The number of hydrogen-bond donors (Lipinski definition) is 2. The lowest BCUT2D eigenvalue weighted by Crippen LogP contribution is -2.60. The number of rotatable bonds is 20. The number of carboxylic acid groups (broad SMARTS) is 1. The smallest absolute Gasteiger partial charge is 0.330 e. The van der Waals surface area contributed by atoms with Crippen molar-refractivity contribution in [3.63, 3.8) is 0 Å². The van der Waals surface area contributed by atoms with E-state index < -0.39 is 33.3 Å². The van der Waals surface area contributed by atoms with Crippen LogP contribution in [0.2, 0.25) is 0 Å². The highest BCUT2D eigenvalue weighted by Crippen LogP contribution is 2.36. The molecule has 0 saturated heterocycles. The summed E-state index contributed by atoms with van der Waals surface area (Å²) < 4.78 is 16.5. The Morgan fingerprint density at radius 1 is 1.03 bits per heavy atom. The lowest BCUT2D eigenvalue weighted by atomic mass is 9.99. The van der Waals surface area contributed by atoms with E-state index in [4.69, 9.17) is 18.9 Å². The van der Waals surface area contributed by atoms with Crippen LogP contribution in [0.1, 0.15) is 85.0 Å². The minimum absolute atomic E-state index is 0.0177. The number of aliphatic carboxylic acids is 1. The zero-order chi connectivity index (χ0) is 23.9. The maximum atomic E-state index is 12.4. The van der Waals surface area contributed by atoms with Crippen molar-refractivity contribution >= 4 is 14.6 Å². The Hall–Kier alpha value is -0.340. The summed E-state index contributed by atoms with van der Waals surface area (Å²) in [5, 5.41) is 21.4. The van der Waals surface area contributed by atoms with Crippen LogP contribution in [0.3, 0.4) is 0 Å². The van der Waals surface area contributed by atoms with Gasteiger partial charge in [-0.3, -0.25) is 4.79 Å². The largest absolute Gasteiger partial charge is 0.804 e. The van der Waals surface area contributed by atoms with Crippen LogP contribution in [-0.4, -0.2) is 72.7 Å². The van der Waals surface area contributed by atoms with Crippen molar-refractivity contribution in [1.82, 2.24) is 0 Å². The second kappa shape index (κ2) is 16.3. The first-order valence-corrected chi connectivity index (χ1v) is 12.6. The van der Waals surface area contributed by atoms with E-state index in [0.717, 1.165) is 25.7 Å². The lowest BCUT2D eigenvalue weighted by Gasteiger charge is -2.42. The SMILES string of the molecule is CCCCCCCC(C)(C)OCCCCCOP(O)OC(CC(=O)O)C([O-])[N+](C)(C)C. The Balaban J connectivity index is 3.99. The maximum absolute atomic E-state index is 12.4. The molecular formula is C22H46NO7P. The molecule has 0 fully saturated rings. The van der Waals surface area contributed by atoms with Gasteiger partial charge in [0.1, 0.15) is 6.10 Å². The fourth-order valence-corrected chi connectivity index (χ4v) is 3.86. The standard InChI is InChI=1S/C22H46NO7P/c1-7-8-9-10-12-15-22(2,3)28-16-13-11-14-17-29-31(27)30-19(18-20(24)25)21(26)23(4,5)6/h19,21,27H,7-18H2,1-6H3,(H,24,25). The molecule has 0 aliphatic carbocycles. The summed E-state index contributed by atoms with van der Waals surface area (Å²) >= 11 is 0. The average Bonchev–Trinajstić information content (AvgIpc) is 2.64. The molecule has 31 heavy (non-hydrogen) atoms. The van der Waals surface area contributed by atoms with Gasteiger partial charge >= 0.3 is 14.6 Å². The molecule has 0 radical (unpaired) electrons. The quantitative estimate of drug-likeness (QED) is 0.121. The number of unbranched alkanes of at least 4 members (excludes halogenated alkanes) is 6. The van der Waals surface area contributed by atoms with Gasteiger partial charge in [0, 0.05) is 12.8 Å². The Morgan fingerprint density at radius 3 is 2.19 bits per heavy atom. The zero-order valence-electron chi connectivity index (χ0n) is 20.5. The van der Waals surface area contributed by atoms with Gasteiger partial charge in [0.15, 0.2) is 0 Å². The zero-order valence-corrected chi connectivity index (χ0v) is 21.4. The van der Waals surface area contributed by atoms with Crippen molar-refractivity contribution in [2.75, 3.05) is 34.4 Å². The minimum Gasteiger partial charge on any atom is -0.804 e. The molecule has 0 aromatic rings. The molecule has 186 valence electrons. The van der Waals surface area contributed by atoms with Crippen LogP contribution in [0.4, 0.5) is 0 Å². The summed E-state index contributed by atoms with van der Waals surface area (Å²) in [6.07, 6.45) is 6.92. The summed E-state index contributed by atoms with van der Waals surface area (Å²) in [5.41, 5.74) is -0.102. The molecule has 0 aromatic heterocycles. The molecule has 0 aliphatic rings. The van der Waals surface area contributed by atoms with Crippen molar-refractivity contribution in [3.05, 3.63) is 0 Å². The van der Waals surface area contributed by atoms with E-state index in [1.165, 1.54) is 32.1 Å². The van der Waals surface area contributed by atoms with E-state index in [2.05, 4.69) is 20.8 Å². The second-order valence-corrected chi connectivity index (χ2v) is 10.6. The first-order valence-electron chi connectivity index (χ1n) is 11.5. The third-order valence-corrected chi connectivity index (χ3v) is 5.90. The summed E-state index contributed by atoms with van der Waals surface area (Å²) in [6.45, 7) is 7.47. The van der Waals surface area contributed by atoms with Crippen LogP contribution in [0.15, 0.2) is 0 Å². The van der Waals surface area contributed by atoms with Crippen molar-refractivity contribution in [1.29, 1.82) is 0 Å². The highest BCUT2D eigenvalue weighted by Gasteiger charge is 2.29. The number of hydrogen-bond acceptors (Lipinski definition) is 6. The number of carbonyl (C=O) groups is 1. The van der Waals surface area contributed by atoms with Gasteiger partial charge in [-0.25, -0.2) is 0 Å². The molecule has 8 nitrogen and oxygen atoms in total. The molecule has 9 heteroatoms. The molecule has 0 heterocycles. The van der Waals surface area contributed by atoms with Crippen LogP contribution in [0.5, 0.6) is 0 Å². The molecular weight excluding hydrogens is 421 g/mol. The normalized spacial score (nSPS) is 15.6. The van der Waals surface area contributed by atoms with Crippen LogP contribution in [0, 0.1) is 0 Å². The third-order valence-electron chi connectivity index (χ3n) is 5.05. The Morgan fingerprint density at radius 2 is 1.61 bits per heavy atom. The van der Waals surface area contributed by atoms with Crippen molar-refractivity contribution in [2.45, 2.75) is 103 Å². The van der Waals surface area contributed by atoms with Crippen LogP contribution in [0.25, 0.3) is 0 Å². The number of carboxylic acids is 1. The first-order chi connectivity index (χ1) is 14.4. The minimum atomic E-state index is -2.29. The number of quaternary nitrogens is 1. The van der Waals surface area contributed by atoms with Gasteiger partial charge in [-0.2, -0.15) is 0 Å². The Kier molecular flexibility index (Phi) is 16.1. The van der Waals surface area contributed by atoms with Gasteiger partial charge in [-0.1, -0.05) is 39.0 Å². The van der Waals surface area contributed by atoms with E-state index in [-0.39, 0.29) is 16.7 Å². The van der Waals surface area contributed by atoms with E-state index in [0.29, 0.717) is 6.61 Å². The first kappa shape index (κ1) is 30.7. The van der Waals surface area contributed by atoms with Crippen molar-refractivity contribution in [2.24, 2.45) is 0 Å². The molecule has 0 saturated carbocycles. The fourth-order valence-electron chi connectivity index (χ4n) is 3.11. The molecule has 0 aromatic carbocycles. The number of nitrogens with zero attached hydrogens (tertiary/aromatic N) is 1. The summed E-state index contributed by atoms with van der Waals surface area (Å²) in [4.78, 5) is 21.0. The van der Waals surface area contributed by atoms with E-state index >= 15 is 0 Å². The van der Waals surface area contributed by atoms with Crippen molar-refractivity contribution < 1.29 is 38.2 Å². The van der Waals surface area contributed by atoms with E-state index in [9.17, 15) is 14.8 Å². The highest BCUT2D eigenvalue weighted by molar-refractivity contribution is 7.40. The fraction of sp³-hybridized carbons (Fsp3) is 0.955. The Bertz CT molecular complexity index is 471. The molecule has 0 rings (SSSR count). The average molecular weight is 468 g/mol. The van der Waals surface area contributed by atoms with Gasteiger partial charge in [-0.05, 0) is 39.5 Å². The molecule has 2 N–H and O–H groups in total. The predicted molar refractivity (Wildman–Crippen MR) is 121 cm³/mol. The molecule has 0 amide bonds. The Labute approximate surface area is 190 Å². The van der Waals surface area contributed by atoms with Gasteiger partial charge in [0.05, 0.1) is 39.8 Å². The van der Waals surface area contributed by atoms with Gasteiger partial charge in [-0.15, -0.1) is 0 Å². The summed E-state index contributed by atoms with van der Waals surface area (Å²) in [6, 6.07) is 0. The van der Waals surface area contributed by atoms with E-state index in [1.807, 2.05) is 0 Å². The molecule has 3 unspecified atom stereocenters. The lowest BCUT2D eigenvalue weighted by molar-refractivity contribution is -0.973.